The Bertz CT molecular complexity index is 988. The van der Waals surface area contributed by atoms with Gasteiger partial charge >= 0.3 is 19.8 Å². The monoisotopic (exact) mass is 817 g/mol. The molecule has 0 aromatic rings. The molecule has 0 rings (SSSR count). The van der Waals surface area contributed by atoms with E-state index in [1.54, 1.807) is 0 Å². The number of ether oxygens (including phenoxy) is 2. The van der Waals surface area contributed by atoms with Crippen molar-refractivity contribution in [1.29, 1.82) is 0 Å². The maximum absolute atomic E-state index is 12.6. The van der Waals surface area contributed by atoms with Crippen LogP contribution >= 0.6 is 7.82 Å². The van der Waals surface area contributed by atoms with Crippen LogP contribution in [0.5, 0.6) is 0 Å². The number of phosphoric acid groups is 1. The van der Waals surface area contributed by atoms with Gasteiger partial charge in [-0.3, -0.25) is 18.6 Å². The largest absolute Gasteiger partial charge is 0.472 e. The van der Waals surface area contributed by atoms with E-state index in [2.05, 4.69) is 38.2 Å². The van der Waals surface area contributed by atoms with Crippen LogP contribution in [0.15, 0.2) is 24.3 Å². The molecule has 0 aliphatic heterocycles. The Morgan fingerprint density at radius 2 is 0.875 bits per heavy atom. The lowest BCUT2D eigenvalue weighted by Crippen LogP contribution is -2.29. The summed E-state index contributed by atoms with van der Waals surface area (Å²) in [5, 5.41) is 18.3. The molecule has 1 unspecified atom stereocenters. The van der Waals surface area contributed by atoms with Crippen molar-refractivity contribution in [2.24, 2.45) is 0 Å². The van der Waals surface area contributed by atoms with Crippen LogP contribution in [-0.2, 0) is 32.7 Å². The van der Waals surface area contributed by atoms with Crippen molar-refractivity contribution in [3.63, 3.8) is 0 Å². The molecule has 0 radical (unpaired) electrons. The molecule has 0 aliphatic rings. The molecule has 0 bridgehead atoms. The van der Waals surface area contributed by atoms with Crippen molar-refractivity contribution in [3.05, 3.63) is 24.3 Å². The molecule has 330 valence electrons. The fourth-order valence-electron chi connectivity index (χ4n) is 6.28. The Hall–Kier alpha value is -1.55. The molecule has 3 N–H and O–H groups in total. The molecule has 56 heavy (non-hydrogen) atoms. The van der Waals surface area contributed by atoms with Gasteiger partial charge in [0.2, 0.25) is 0 Å². The molecule has 0 fully saturated rings. The molecule has 0 saturated carbocycles. The van der Waals surface area contributed by atoms with Crippen LogP contribution < -0.4 is 0 Å². The highest BCUT2D eigenvalue weighted by Crippen LogP contribution is 2.43. The first-order chi connectivity index (χ1) is 27.2. The van der Waals surface area contributed by atoms with Crippen molar-refractivity contribution >= 4 is 19.8 Å². The van der Waals surface area contributed by atoms with E-state index in [9.17, 15) is 24.2 Å². The van der Waals surface area contributed by atoms with Crippen LogP contribution in [0.4, 0.5) is 0 Å². The lowest BCUT2D eigenvalue weighted by Gasteiger charge is -2.20. The number of hydrogen-bond donors (Lipinski definition) is 3. The number of aliphatic hydroxyl groups is 2. The summed E-state index contributed by atoms with van der Waals surface area (Å²) >= 11 is 0. The summed E-state index contributed by atoms with van der Waals surface area (Å²) in [5.74, 6) is -0.933. The molecule has 0 saturated heterocycles. The van der Waals surface area contributed by atoms with E-state index in [0.29, 0.717) is 12.8 Å². The van der Waals surface area contributed by atoms with Gasteiger partial charge in [0, 0.05) is 12.8 Å². The number of hydrogen-bond acceptors (Lipinski definition) is 9. The number of allylic oxidation sites excluding steroid dienone is 4. The van der Waals surface area contributed by atoms with Crippen molar-refractivity contribution in [1.82, 2.24) is 0 Å². The summed E-state index contributed by atoms with van der Waals surface area (Å²) in [6.45, 7) is 2.38. The molecule has 0 amide bonds. The summed E-state index contributed by atoms with van der Waals surface area (Å²) < 4.78 is 32.7. The minimum Gasteiger partial charge on any atom is -0.462 e. The Labute approximate surface area is 342 Å². The second-order valence-electron chi connectivity index (χ2n) is 15.4. The molecule has 10 nitrogen and oxygen atoms in total. The predicted molar refractivity (Wildman–Crippen MR) is 228 cm³/mol. The number of carbonyl (C=O) groups excluding carboxylic acids is 2. The van der Waals surface area contributed by atoms with Gasteiger partial charge in [-0.2, -0.15) is 0 Å². The first-order valence-corrected chi connectivity index (χ1v) is 24.3. The number of aliphatic hydroxyl groups excluding tert-OH is 2. The van der Waals surface area contributed by atoms with Crippen molar-refractivity contribution in [3.8, 4) is 0 Å². The standard InChI is InChI=1S/C45H85O10P/c1-3-5-7-9-11-13-15-17-19-21-23-25-27-29-31-33-35-37-45(49)55-43(41-54-56(50,51)53-39-42(47)38-46)40-52-44(48)36-34-32-30-28-26-24-22-20-18-16-14-12-10-8-6-4-2/h17,19-20,22,42-43,46-47H,3-16,18,21,23-41H2,1-2H3,(H,50,51)/b19-17-,22-20-/t42-,43+/m0/s1. The van der Waals surface area contributed by atoms with E-state index in [4.69, 9.17) is 23.6 Å². The Kier molecular flexibility index (Phi) is 40.5. The lowest BCUT2D eigenvalue weighted by atomic mass is 10.1. The third-order valence-electron chi connectivity index (χ3n) is 9.83. The van der Waals surface area contributed by atoms with E-state index in [-0.39, 0.29) is 19.4 Å². The quantitative estimate of drug-likeness (QED) is 0.0235. The van der Waals surface area contributed by atoms with Gasteiger partial charge in [-0.25, -0.2) is 4.57 Å². The number of rotatable bonds is 43. The topological polar surface area (TPSA) is 149 Å². The average Bonchev–Trinajstić information content (AvgIpc) is 3.19. The van der Waals surface area contributed by atoms with Crippen molar-refractivity contribution < 1.29 is 47.8 Å². The van der Waals surface area contributed by atoms with Gasteiger partial charge in [0.15, 0.2) is 6.10 Å². The number of esters is 2. The van der Waals surface area contributed by atoms with Crippen molar-refractivity contribution in [2.75, 3.05) is 26.4 Å². The van der Waals surface area contributed by atoms with Gasteiger partial charge in [-0.1, -0.05) is 160 Å². The molecule has 0 aromatic carbocycles. The third kappa shape index (κ3) is 40.6. The highest BCUT2D eigenvalue weighted by atomic mass is 31.2. The highest BCUT2D eigenvalue weighted by molar-refractivity contribution is 7.47. The van der Waals surface area contributed by atoms with E-state index >= 15 is 0 Å². The molecular weight excluding hydrogens is 731 g/mol. The third-order valence-corrected chi connectivity index (χ3v) is 10.8. The SMILES string of the molecule is CCCCCCCC/C=C\CCCCCCCCCC(=O)O[C@H](COC(=O)CCCCCCC/C=C\CCCCCCCCC)COP(=O)(O)OC[C@@H](O)CO. The first-order valence-electron chi connectivity index (χ1n) is 22.8. The minimum absolute atomic E-state index is 0.179. The normalized spacial score (nSPS) is 14.0. The molecule has 3 atom stereocenters. The zero-order chi connectivity index (χ0) is 41.2. The number of unbranched alkanes of at least 4 members (excludes halogenated alkanes) is 25. The average molecular weight is 817 g/mol. The maximum atomic E-state index is 12.6. The van der Waals surface area contributed by atoms with E-state index in [1.165, 1.54) is 116 Å². The second-order valence-corrected chi connectivity index (χ2v) is 16.9. The Morgan fingerprint density at radius 3 is 1.29 bits per heavy atom. The number of carbonyl (C=O) groups is 2. The minimum atomic E-state index is -4.62. The zero-order valence-electron chi connectivity index (χ0n) is 35.9. The van der Waals surface area contributed by atoms with Gasteiger partial charge in [0.1, 0.15) is 12.7 Å². The van der Waals surface area contributed by atoms with Gasteiger partial charge in [-0.05, 0) is 64.2 Å². The predicted octanol–water partition coefficient (Wildman–Crippen LogP) is 12.2. The fourth-order valence-corrected chi connectivity index (χ4v) is 7.07. The van der Waals surface area contributed by atoms with Crippen LogP contribution in [0.3, 0.4) is 0 Å². The molecule has 0 aromatic heterocycles. The smallest absolute Gasteiger partial charge is 0.462 e. The summed E-state index contributed by atoms with van der Waals surface area (Å²) in [6.07, 6.45) is 41.4. The summed E-state index contributed by atoms with van der Waals surface area (Å²) in [5.41, 5.74) is 0. The molecule has 0 spiro atoms. The lowest BCUT2D eigenvalue weighted by molar-refractivity contribution is -0.161. The summed E-state index contributed by atoms with van der Waals surface area (Å²) in [4.78, 5) is 35.0. The van der Waals surface area contributed by atoms with Gasteiger partial charge < -0.3 is 24.6 Å². The van der Waals surface area contributed by atoms with Crippen LogP contribution in [0, 0.1) is 0 Å². The van der Waals surface area contributed by atoms with Crippen molar-refractivity contribution in [2.45, 2.75) is 225 Å². The van der Waals surface area contributed by atoms with Gasteiger partial charge in [-0.15, -0.1) is 0 Å². The Morgan fingerprint density at radius 1 is 0.518 bits per heavy atom. The van der Waals surface area contributed by atoms with Crippen LogP contribution in [-0.4, -0.2) is 65.7 Å². The second kappa shape index (κ2) is 41.6. The molecular formula is C45H85O10P. The fraction of sp³-hybridized carbons (Fsp3) is 0.867. The van der Waals surface area contributed by atoms with E-state index in [0.717, 1.165) is 57.8 Å². The molecule has 11 heteroatoms. The molecule has 0 aliphatic carbocycles. The summed E-state index contributed by atoms with van der Waals surface area (Å²) in [7, 11) is -4.62. The highest BCUT2D eigenvalue weighted by Gasteiger charge is 2.27. The molecule has 0 heterocycles. The van der Waals surface area contributed by atoms with Crippen LogP contribution in [0.25, 0.3) is 0 Å². The van der Waals surface area contributed by atoms with Gasteiger partial charge in [0.25, 0.3) is 0 Å². The van der Waals surface area contributed by atoms with Crippen LogP contribution in [0.1, 0.15) is 213 Å². The number of phosphoric ester groups is 1. The van der Waals surface area contributed by atoms with Crippen LogP contribution in [0.2, 0.25) is 0 Å². The Balaban J connectivity index is 4.27. The van der Waals surface area contributed by atoms with E-state index < -0.39 is 51.8 Å². The van der Waals surface area contributed by atoms with Gasteiger partial charge in [0.05, 0.1) is 19.8 Å². The zero-order valence-corrected chi connectivity index (χ0v) is 36.8. The summed E-state index contributed by atoms with van der Waals surface area (Å²) in [6, 6.07) is 0. The first kappa shape index (κ1) is 54.5. The maximum Gasteiger partial charge on any atom is 0.472 e. The van der Waals surface area contributed by atoms with E-state index in [1.807, 2.05) is 0 Å².